The molecule has 2 atom stereocenters. The van der Waals surface area contributed by atoms with Gasteiger partial charge in [-0.1, -0.05) is 13.3 Å². The summed E-state index contributed by atoms with van der Waals surface area (Å²) in [5.41, 5.74) is 0. The maximum atomic E-state index is 9.58. The molecular weight excluding hydrogens is 184 g/mol. The van der Waals surface area contributed by atoms with Gasteiger partial charge in [-0.3, -0.25) is 0 Å². The first-order chi connectivity index (χ1) is 6.76. The molecule has 0 radical (unpaired) electrons. The maximum Gasteiger partial charge on any atom is 0.103 e. The Hall–Kier alpha value is -0.160. The minimum Gasteiger partial charge on any atom is -0.396 e. The minimum atomic E-state index is -0.649. The van der Waals surface area contributed by atoms with Crippen molar-refractivity contribution in [3.8, 4) is 0 Å². The average Bonchev–Trinajstić information content (AvgIpc) is 2.17. The Balaban J connectivity index is 3.74. The van der Waals surface area contributed by atoms with Crippen LogP contribution in [0.4, 0.5) is 0 Å². The van der Waals surface area contributed by atoms with E-state index in [1.165, 1.54) is 7.11 Å². The zero-order valence-electron chi connectivity index (χ0n) is 9.11. The van der Waals surface area contributed by atoms with Crippen LogP contribution in [0.25, 0.3) is 0 Å². The Bertz CT molecular complexity index is 119. The second-order valence-corrected chi connectivity index (χ2v) is 3.30. The number of unbranched alkanes of at least 4 members (excludes halogenated alkanes) is 1. The van der Waals surface area contributed by atoms with E-state index in [0.29, 0.717) is 13.0 Å². The van der Waals surface area contributed by atoms with Crippen LogP contribution < -0.4 is 0 Å². The maximum absolute atomic E-state index is 9.58. The summed E-state index contributed by atoms with van der Waals surface area (Å²) in [6.07, 6.45) is 1.53. The molecule has 0 aromatic heterocycles. The smallest absolute Gasteiger partial charge is 0.103 e. The highest BCUT2D eigenvalue weighted by Gasteiger charge is 2.18. The van der Waals surface area contributed by atoms with E-state index in [1.54, 1.807) is 0 Å². The summed E-state index contributed by atoms with van der Waals surface area (Å²) in [5.74, 6) is 0. The third kappa shape index (κ3) is 6.32. The number of aliphatic hydroxyl groups is 2. The molecular formula is C10H22O4. The first kappa shape index (κ1) is 13.8. The van der Waals surface area contributed by atoms with Crippen LogP contribution in [0, 0.1) is 0 Å². The van der Waals surface area contributed by atoms with Gasteiger partial charge in [0.15, 0.2) is 0 Å². The molecule has 0 aliphatic heterocycles. The fourth-order valence-corrected chi connectivity index (χ4v) is 1.17. The molecule has 0 fully saturated rings. The third-order valence-corrected chi connectivity index (χ3v) is 2.01. The third-order valence-electron chi connectivity index (χ3n) is 2.01. The highest BCUT2D eigenvalue weighted by molar-refractivity contribution is 4.68. The van der Waals surface area contributed by atoms with E-state index in [-0.39, 0.29) is 19.3 Å². The van der Waals surface area contributed by atoms with Crippen molar-refractivity contribution < 1.29 is 19.7 Å². The summed E-state index contributed by atoms with van der Waals surface area (Å²) in [6, 6.07) is 0. The van der Waals surface area contributed by atoms with Gasteiger partial charge in [0, 0.05) is 20.3 Å². The quantitative estimate of drug-likeness (QED) is 0.541. The summed E-state index contributed by atoms with van der Waals surface area (Å²) in [6.45, 7) is 2.98. The van der Waals surface area contributed by atoms with Gasteiger partial charge in [-0.25, -0.2) is 0 Å². The van der Waals surface area contributed by atoms with E-state index >= 15 is 0 Å². The van der Waals surface area contributed by atoms with Crippen molar-refractivity contribution in [2.45, 2.75) is 38.4 Å². The summed E-state index contributed by atoms with van der Waals surface area (Å²) >= 11 is 0. The zero-order valence-corrected chi connectivity index (χ0v) is 9.11. The lowest BCUT2D eigenvalue weighted by molar-refractivity contribution is -0.0733. The second kappa shape index (κ2) is 9.40. The first-order valence-corrected chi connectivity index (χ1v) is 5.15. The van der Waals surface area contributed by atoms with Crippen molar-refractivity contribution in [3.05, 3.63) is 0 Å². The van der Waals surface area contributed by atoms with Crippen LogP contribution in [0.2, 0.25) is 0 Å². The van der Waals surface area contributed by atoms with Gasteiger partial charge in [0.1, 0.15) is 6.10 Å². The Morgan fingerprint density at radius 3 is 2.57 bits per heavy atom. The molecule has 14 heavy (non-hydrogen) atoms. The monoisotopic (exact) mass is 206 g/mol. The zero-order chi connectivity index (χ0) is 10.8. The van der Waals surface area contributed by atoms with E-state index in [1.807, 2.05) is 0 Å². The molecule has 86 valence electrons. The molecule has 0 rings (SSSR count). The van der Waals surface area contributed by atoms with Crippen molar-refractivity contribution in [2.24, 2.45) is 0 Å². The molecule has 0 aliphatic carbocycles. The van der Waals surface area contributed by atoms with Crippen molar-refractivity contribution in [1.82, 2.24) is 0 Å². The molecule has 2 unspecified atom stereocenters. The Kier molecular flexibility index (Phi) is 9.29. The fourth-order valence-electron chi connectivity index (χ4n) is 1.17. The Morgan fingerprint density at radius 1 is 1.36 bits per heavy atom. The molecule has 4 nitrogen and oxygen atoms in total. The van der Waals surface area contributed by atoms with Crippen molar-refractivity contribution in [2.75, 3.05) is 26.9 Å². The van der Waals surface area contributed by atoms with Gasteiger partial charge < -0.3 is 19.7 Å². The van der Waals surface area contributed by atoms with E-state index in [9.17, 15) is 5.11 Å². The summed E-state index contributed by atoms with van der Waals surface area (Å²) in [4.78, 5) is 0. The van der Waals surface area contributed by atoms with Gasteiger partial charge in [-0.05, 0) is 12.8 Å². The van der Waals surface area contributed by atoms with Crippen LogP contribution in [-0.4, -0.2) is 49.4 Å². The molecule has 4 heteroatoms. The lowest BCUT2D eigenvalue weighted by Gasteiger charge is -2.22. The average molecular weight is 206 g/mol. The van der Waals surface area contributed by atoms with Crippen LogP contribution in [0.1, 0.15) is 26.2 Å². The number of methoxy groups -OCH3 is 1. The van der Waals surface area contributed by atoms with Crippen molar-refractivity contribution in [3.63, 3.8) is 0 Å². The molecule has 0 amide bonds. The molecule has 0 saturated carbocycles. The summed E-state index contributed by atoms with van der Waals surface area (Å²) in [5, 5.41) is 18.4. The predicted molar refractivity (Wildman–Crippen MR) is 54.2 cm³/mol. The predicted octanol–water partition coefficient (Wildman–Crippen LogP) is 0.561. The number of aliphatic hydroxyl groups excluding tert-OH is 2. The normalized spacial score (nSPS) is 15.4. The van der Waals surface area contributed by atoms with Crippen molar-refractivity contribution >= 4 is 0 Å². The molecule has 0 aromatic rings. The molecule has 0 bridgehead atoms. The van der Waals surface area contributed by atoms with Gasteiger partial charge in [-0.2, -0.15) is 0 Å². The standard InChI is InChI=1S/C10H22O4/c1-3-4-7-14-10(5-6-11)9(12)8-13-2/h9-12H,3-8H2,1-2H3. The van der Waals surface area contributed by atoms with E-state index < -0.39 is 6.10 Å². The molecule has 0 aliphatic rings. The highest BCUT2D eigenvalue weighted by atomic mass is 16.5. The Labute approximate surface area is 85.8 Å². The lowest BCUT2D eigenvalue weighted by atomic mass is 10.1. The van der Waals surface area contributed by atoms with Gasteiger partial charge in [0.05, 0.1) is 12.7 Å². The van der Waals surface area contributed by atoms with Crippen LogP contribution in [-0.2, 0) is 9.47 Å². The van der Waals surface area contributed by atoms with Gasteiger partial charge in [0.25, 0.3) is 0 Å². The van der Waals surface area contributed by atoms with Crippen molar-refractivity contribution in [1.29, 1.82) is 0 Å². The van der Waals surface area contributed by atoms with E-state index in [2.05, 4.69) is 6.92 Å². The number of rotatable bonds is 9. The van der Waals surface area contributed by atoms with Gasteiger partial charge in [-0.15, -0.1) is 0 Å². The SMILES string of the molecule is CCCCOC(CCO)C(O)COC. The van der Waals surface area contributed by atoms with E-state index in [0.717, 1.165) is 12.8 Å². The Morgan fingerprint density at radius 2 is 2.07 bits per heavy atom. The largest absolute Gasteiger partial charge is 0.396 e. The van der Waals surface area contributed by atoms with Crippen LogP contribution in [0.15, 0.2) is 0 Å². The highest BCUT2D eigenvalue weighted by Crippen LogP contribution is 2.06. The number of ether oxygens (including phenoxy) is 2. The topological polar surface area (TPSA) is 58.9 Å². The molecule has 0 saturated heterocycles. The van der Waals surface area contributed by atoms with Gasteiger partial charge in [0.2, 0.25) is 0 Å². The molecule has 0 aromatic carbocycles. The lowest BCUT2D eigenvalue weighted by Crippen LogP contribution is -2.33. The first-order valence-electron chi connectivity index (χ1n) is 5.15. The van der Waals surface area contributed by atoms with Gasteiger partial charge >= 0.3 is 0 Å². The number of hydrogen-bond acceptors (Lipinski definition) is 4. The van der Waals surface area contributed by atoms with Crippen LogP contribution in [0.3, 0.4) is 0 Å². The summed E-state index contributed by atoms with van der Waals surface area (Å²) < 4.78 is 10.3. The minimum absolute atomic E-state index is 0.0254. The molecule has 0 spiro atoms. The second-order valence-electron chi connectivity index (χ2n) is 3.30. The summed E-state index contributed by atoms with van der Waals surface area (Å²) in [7, 11) is 1.53. The van der Waals surface area contributed by atoms with Crippen LogP contribution >= 0.6 is 0 Å². The van der Waals surface area contributed by atoms with E-state index in [4.69, 9.17) is 14.6 Å². The van der Waals surface area contributed by atoms with Crippen LogP contribution in [0.5, 0.6) is 0 Å². The fraction of sp³-hybridized carbons (Fsp3) is 1.00. The molecule has 0 heterocycles. The number of hydrogen-bond donors (Lipinski definition) is 2. The molecule has 2 N–H and O–H groups in total.